The Hall–Kier alpha value is -2.26. The van der Waals surface area contributed by atoms with Gasteiger partial charge in [-0.3, -0.25) is 4.79 Å². The van der Waals surface area contributed by atoms with E-state index in [0.717, 1.165) is 25.1 Å². The van der Waals surface area contributed by atoms with E-state index in [4.69, 9.17) is 21.1 Å². The van der Waals surface area contributed by atoms with Crippen molar-refractivity contribution in [1.29, 1.82) is 0 Å². The van der Waals surface area contributed by atoms with Gasteiger partial charge in [0.2, 0.25) is 11.8 Å². The van der Waals surface area contributed by atoms with E-state index in [-0.39, 0.29) is 18.5 Å². The number of rotatable bonds is 4. The van der Waals surface area contributed by atoms with Crippen molar-refractivity contribution in [2.45, 2.75) is 13.0 Å². The summed E-state index contributed by atoms with van der Waals surface area (Å²) in [5, 5.41) is 18.0. The van der Waals surface area contributed by atoms with Crippen molar-refractivity contribution in [1.82, 2.24) is 15.1 Å². The lowest BCUT2D eigenvalue weighted by molar-refractivity contribution is -0.132. The molecule has 2 aromatic rings. The zero-order valence-electron chi connectivity index (χ0n) is 12.5. The Morgan fingerprint density at radius 1 is 1.33 bits per heavy atom. The molecular formula is C14H15ClF2N4O3. The van der Waals surface area contributed by atoms with Crippen LogP contribution in [-0.2, 0) is 4.79 Å². The molecule has 1 aromatic heterocycles. The highest BCUT2D eigenvalue weighted by Crippen LogP contribution is 2.21. The van der Waals surface area contributed by atoms with Crippen molar-refractivity contribution in [3.63, 3.8) is 0 Å². The number of nitrogens with zero attached hydrogens (tertiary/aromatic N) is 3. The molecule has 0 aliphatic carbocycles. The normalized spacial score (nSPS) is 13.1. The smallest absolute Gasteiger partial charge is 0.342 e. The van der Waals surface area contributed by atoms with Crippen molar-refractivity contribution in [2.75, 3.05) is 25.0 Å². The van der Waals surface area contributed by atoms with Crippen LogP contribution in [0.5, 0.6) is 0 Å². The molecule has 130 valence electrons. The third kappa shape index (κ3) is 5.43. The fourth-order valence-corrected chi connectivity index (χ4v) is 1.96. The van der Waals surface area contributed by atoms with Gasteiger partial charge in [-0.05, 0) is 30.7 Å². The second kappa shape index (κ2) is 8.55. The second-order valence-corrected chi connectivity index (χ2v) is 5.22. The molecule has 1 amide bonds. The highest BCUT2D eigenvalue weighted by Gasteiger charge is 2.20. The van der Waals surface area contributed by atoms with Crippen LogP contribution >= 0.6 is 11.6 Å². The summed E-state index contributed by atoms with van der Waals surface area (Å²) in [6.45, 7) is -1.33. The zero-order chi connectivity index (χ0) is 17.5. The predicted molar refractivity (Wildman–Crippen MR) is 82.7 cm³/mol. The molecule has 1 aliphatic rings. The predicted octanol–water partition coefficient (Wildman–Crippen LogP) is 2.24. The van der Waals surface area contributed by atoms with Gasteiger partial charge in [0, 0.05) is 23.7 Å². The first-order valence-corrected chi connectivity index (χ1v) is 7.41. The van der Waals surface area contributed by atoms with Gasteiger partial charge in [-0.2, -0.15) is 8.78 Å². The molecular weight excluding hydrogens is 346 g/mol. The number of aromatic nitrogens is 2. The number of hydrogen-bond donors (Lipinski definition) is 2. The summed E-state index contributed by atoms with van der Waals surface area (Å²) < 4.78 is 25.2. The molecule has 2 heterocycles. The molecule has 24 heavy (non-hydrogen) atoms. The number of nitrogens with one attached hydrogen (secondary N) is 1. The van der Waals surface area contributed by atoms with E-state index in [1.807, 2.05) is 0 Å². The molecule has 0 unspecified atom stereocenters. The number of carbonyl (C=O) groups excluding carboxylic acids is 1. The summed E-state index contributed by atoms with van der Waals surface area (Å²) >= 11 is 5.82. The fourth-order valence-electron chi connectivity index (χ4n) is 1.83. The van der Waals surface area contributed by atoms with Gasteiger partial charge in [-0.15, -0.1) is 5.10 Å². The van der Waals surface area contributed by atoms with E-state index in [0.29, 0.717) is 10.9 Å². The number of anilines is 1. The molecule has 1 aliphatic heterocycles. The van der Waals surface area contributed by atoms with Gasteiger partial charge in [0.05, 0.1) is 6.54 Å². The minimum absolute atomic E-state index is 0.0440. The van der Waals surface area contributed by atoms with Crippen LogP contribution in [0.3, 0.4) is 0 Å². The molecule has 1 fully saturated rings. The number of likely N-dealkylation sites (tertiary alicyclic amines) is 1. The lowest BCUT2D eigenvalue weighted by Crippen LogP contribution is -2.44. The summed E-state index contributed by atoms with van der Waals surface area (Å²) in [6.07, 6.45) is 1.08. The highest BCUT2D eigenvalue weighted by atomic mass is 35.5. The van der Waals surface area contributed by atoms with Crippen LogP contribution in [0.4, 0.5) is 14.8 Å². The Balaban J connectivity index is 0.000000471. The Morgan fingerprint density at radius 2 is 1.96 bits per heavy atom. The van der Waals surface area contributed by atoms with Crippen LogP contribution in [0.1, 0.15) is 6.42 Å². The van der Waals surface area contributed by atoms with Crippen LogP contribution in [0.2, 0.25) is 5.02 Å². The van der Waals surface area contributed by atoms with Crippen LogP contribution in [0, 0.1) is 0 Å². The number of halogens is 3. The quantitative estimate of drug-likeness (QED) is 0.868. The summed E-state index contributed by atoms with van der Waals surface area (Å²) in [5.41, 5.74) is 0.781. The minimum atomic E-state index is -3.17. The molecule has 10 heteroatoms. The van der Waals surface area contributed by atoms with Crippen molar-refractivity contribution in [3.05, 3.63) is 29.3 Å². The second-order valence-electron chi connectivity index (χ2n) is 4.78. The highest BCUT2D eigenvalue weighted by molar-refractivity contribution is 6.30. The van der Waals surface area contributed by atoms with Gasteiger partial charge >= 0.3 is 12.6 Å². The average molecular weight is 361 g/mol. The summed E-state index contributed by atoms with van der Waals surface area (Å²) in [4.78, 5) is 13.5. The van der Waals surface area contributed by atoms with Crippen molar-refractivity contribution < 1.29 is 23.1 Å². The maximum Gasteiger partial charge on any atom is 0.342 e. The molecule has 0 radical (unpaired) electrons. The number of hydrogen-bond acceptors (Lipinski definition) is 6. The van der Waals surface area contributed by atoms with Crippen molar-refractivity contribution in [3.8, 4) is 11.5 Å². The molecule has 1 aromatic carbocycles. The molecule has 0 atom stereocenters. The van der Waals surface area contributed by atoms with E-state index in [1.54, 1.807) is 29.2 Å². The van der Waals surface area contributed by atoms with Gasteiger partial charge in [-0.25, -0.2) is 0 Å². The van der Waals surface area contributed by atoms with Crippen molar-refractivity contribution >= 4 is 23.5 Å². The van der Waals surface area contributed by atoms with Crippen LogP contribution < -0.4 is 5.32 Å². The third-order valence-electron chi connectivity index (χ3n) is 3.12. The van der Waals surface area contributed by atoms with E-state index in [9.17, 15) is 13.6 Å². The van der Waals surface area contributed by atoms with Crippen LogP contribution in [-0.4, -0.2) is 52.4 Å². The SMILES string of the molecule is O=C(CNc1nnc(-c2ccc(Cl)cc2)o1)N1CCC1.OC(F)F. The number of aliphatic hydroxyl groups is 1. The van der Waals surface area contributed by atoms with E-state index in [1.165, 1.54) is 0 Å². The maximum absolute atomic E-state index is 11.7. The molecule has 0 spiro atoms. The standard InChI is InChI=1S/C13H13ClN4O2.CH2F2O/c14-10-4-2-9(3-5-10)12-16-17-13(20-12)15-8-11(19)18-6-1-7-18;2-1(3)4/h2-5H,1,6-8H2,(H,15,17);1,4H. The number of carbonyl (C=O) groups is 1. The van der Waals surface area contributed by atoms with Gasteiger partial charge in [-0.1, -0.05) is 16.7 Å². The Kier molecular flexibility index (Phi) is 6.44. The molecule has 3 rings (SSSR count). The first-order valence-electron chi connectivity index (χ1n) is 7.03. The first kappa shape index (κ1) is 18.1. The number of aliphatic hydroxyl groups excluding tert-OH is 1. The van der Waals surface area contributed by atoms with E-state index >= 15 is 0 Å². The molecule has 0 saturated carbocycles. The Bertz CT molecular complexity index is 660. The van der Waals surface area contributed by atoms with Crippen LogP contribution in [0.25, 0.3) is 11.5 Å². The number of benzene rings is 1. The van der Waals surface area contributed by atoms with Crippen LogP contribution in [0.15, 0.2) is 28.7 Å². The number of amides is 1. The summed E-state index contributed by atoms with van der Waals surface area (Å²) in [7, 11) is 0. The van der Waals surface area contributed by atoms with Crippen molar-refractivity contribution in [2.24, 2.45) is 0 Å². The summed E-state index contributed by atoms with van der Waals surface area (Å²) in [5.74, 6) is 0.433. The lowest BCUT2D eigenvalue weighted by atomic mass is 10.2. The first-order chi connectivity index (χ1) is 11.5. The molecule has 7 nitrogen and oxygen atoms in total. The lowest BCUT2D eigenvalue weighted by Gasteiger charge is -2.30. The fraction of sp³-hybridized carbons (Fsp3) is 0.357. The molecule has 2 N–H and O–H groups in total. The Labute approximate surface area is 141 Å². The minimum Gasteiger partial charge on any atom is -0.403 e. The topological polar surface area (TPSA) is 91.5 Å². The van der Waals surface area contributed by atoms with Gasteiger partial charge in [0.1, 0.15) is 0 Å². The third-order valence-corrected chi connectivity index (χ3v) is 3.37. The zero-order valence-corrected chi connectivity index (χ0v) is 13.2. The maximum atomic E-state index is 11.7. The van der Waals surface area contributed by atoms with E-state index < -0.39 is 6.61 Å². The van der Waals surface area contributed by atoms with Gasteiger partial charge in [0.15, 0.2) is 0 Å². The molecule has 1 saturated heterocycles. The monoisotopic (exact) mass is 360 g/mol. The van der Waals surface area contributed by atoms with E-state index in [2.05, 4.69) is 15.5 Å². The average Bonchev–Trinajstić information content (AvgIpc) is 2.92. The van der Waals surface area contributed by atoms with Gasteiger partial charge < -0.3 is 19.7 Å². The van der Waals surface area contributed by atoms with Gasteiger partial charge in [0.25, 0.3) is 0 Å². The summed E-state index contributed by atoms with van der Waals surface area (Å²) in [6, 6.07) is 7.34. The molecule has 0 bridgehead atoms. The number of alkyl halides is 2. The largest absolute Gasteiger partial charge is 0.403 e. The Morgan fingerprint density at radius 3 is 2.50 bits per heavy atom.